The van der Waals surface area contributed by atoms with Crippen LogP contribution in [0.1, 0.15) is 119 Å². The van der Waals surface area contributed by atoms with Gasteiger partial charge in [0.2, 0.25) is 0 Å². The second-order valence-electron chi connectivity index (χ2n) is 16.0. The van der Waals surface area contributed by atoms with E-state index >= 15 is 0 Å². The van der Waals surface area contributed by atoms with E-state index in [2.05, 4.69) is 48.1 Å². The topological polar surface area (TPSA) is 52.6 Å². The van der Waals surface area contributed by atoms with Crippen LogP contribution in [0.4, 0.5) is 0 Å². The van der Waals surface area contributed by atoms with Gasteiger partial charge in [-0.1, -0.05) is 54.5 Å². The average Bonchev–Trinajstić information content (AvgIpc) is 3.22. The van der Waals surface area contributed by atoms with Crippen LogP contribution in [-0.2, 0) is 19.1 Å². The zero-order valence-corrected chi connectivity index (χ0v) is 24.3. The van der Waals surface area contributed by atoms with Gasteiger partial charge in [-0.2, -0.15) is 0 Å². The number of fused-ring (bicyclic) bond motifs is 5. The lowest BCUT2D eigenvalue weighted by molar-refractivity contribution is -0.186. The molecule has 4 heteroatoms. The lowest BCUT2D eigenvalue weighted by Gasteiger charge is -2.64. The van der Waals surface area contributed by atoms with Crippen molar-refractivity contribution in [3.05, 3.63) is 12.2 Å². The van der Waals surface area contributed by atoms with Crippen molar-refractivity contribution in [1.82, 2.24) is 0 Å². The second-order valence-corrected chi connectivity index (χ2v) is 16.0. The van der Waals surface area contributed by atoms with Crippen molar-refractivity contribution in [1.29, 1.82) is 0 Å². The number of carbonyl (C=O) groups excluding carboxylic acids is 2. The molecule has 0 radical (unpaired) electrons. The predicted molar refractivity (Wildman–Crippen MR) is 144 cm³/mol. The molecule has 0 aliphatic heterocycles. The fourth-order valence-electron chi connectivity index (χ4n) is 11.7. The normalized spacial score (nSPS) is 48.8. The third kappa shape index (κ3) is 3.51. The van der Waals surface area contributed by atoms with E-state index in [0.29, 0.717) is 28.6 Å². The lowest BCUT2D eigenvalue weighted by atomic mass is 9.41. The summed E-state index contributed by atoms with van der Waals surface area (Å²) in [7, 11) is 0. The molecule has 4 bridgehead atoms. The number of hydrogen-bond donors (Lipinski definition) is 0. The molecule has 0 amide bonds. The van der Waals surface area contributed by atoms with E-state index in [9.17, 15) is 9.59 Å². The van der Waals surface area contributed by atoms with Crippen molar-refractivity contribution in [3.63, 3.8) is 0 Å². The van der Waals surface area contributed by atoms with Gasteiger partial charge >= 0.3 is 11.9 Å². The Morgan fingerprint density at radius 3 is 2.24 bits per heavy atom. The largest absolute Gasteiger partial charge is 0.462 e. The first-order chi connectivity index (χ1) is 17.2. The van der Waals surface area contributed by atoms with E-state index in [4.69, 9.17) is 9.47 Å². The molecule has 4 nitrogen and oxygen atoms in total. The summed E-state index contributed by atoms with van der Waals surface area (Å²) in [5.74, 6) is 1.31. The van der Waals surface area contributed by atoms with Crippen LogP contribution in [-0.4, -0.2) is 24.1 Å². The van der Waals surface area contributed by atoms with Gasteiger partial charge in [0.15, 0.2) is 0 Å². The molecule has 6 aliphatic rings. The molecule has 9 unspecified atom stereocenters. The molecule has 0 saturated heterocycles. The Labute approximate surface area is 224 Å². The SMILES string of the molecule is C=C1C2CCC3C4(C)CCCC(C)(C)C4CCC3(C2)C1OC(=O)CC(=O)OC1CC2(C)CCC1C2(C)C. The van der Waals surface area contributed by atoms with E-state index < -0.39 is 11.9 Å². The van der Waals surface area contributed by atoms with Crippen molar-refractivity contribution < 1.29 is 19.1 Å². The highest BCUT2D eigenvalue weighted by Crippen LogP contribution is 2.72. The molecular weight excluding hydrogens is 460 g/mol. The quantitative estimate of drug-likeness (QED) is 0.221. The summed E-state index contributed by atoms with van der Waals surface area (Å²) in [6, 6.07) is 0. The molecule has 0 aromatic rings. The molecule has 37 heavy (non-hydrogen) atoms. The number of esters is 2. The number of rotatable bonds is 4. The smallest absolute Gasteiger partial charge is 0.317 e. The van der Waals surface area contributed by atoms with Gasteiger partial charge in [-0.25, -0.2) is 0 Å². The summed E-state index contributed by atoms with van der Waals surface area (Å²) in [6.07, 6.45) is 12.4. The molecule has 6 rings (SSSR count). The highest BCUT2D eigenvalue weighted by atomic mass is 16.6. The first-order valence-corrected chi connectivity index (χ1v) is 15.3. The Morgan fingerprint density at radius 2 is 1.57 bits per heavy atom. The molecule has 0 N–H and O–H groups in total. The molecule has 206 valence electrons. The number of ether oxygens (including phenoxy) is 2. The van der Waals surface area contributed by atoms with Gasteiger partial charge in [-0.15, -0.1) is 0 Å². The summed E-state index contributed by atoms with van der Waals surface area (Å²) in [4.78, 5) is 26.2. The van der Waals surface area contributed by atoms with Crippen LogP contribution < -0.4 is 0 Å². The van der Waals surface area contributed by atoms with Crippen molar-refractivity contribution in [2.75, 3.05) is 0 Å². The molecule has 0 heterocycles. The van der Waals surface area contributed by atoms with Crippen molar-refractivity contribution >= 4 is 11.9 Å². The van der Waals surface area contributed by atoms with Crippen LogP contribution in [0.25, 0.3) is 0 Å². The Balaban J connectivity index is 1.16. The summed E-state index contributed by atoms with van der Waals surface area (Å²) in [5.41, 5.74) is 2.19. The summed E-state index contributed by atoms with van der Waals surface area (Å²) >= 11 is 0. The van der Waals surface area contributed by atoms with Gasteiger partial charge < -0.3 is 9.47 Å². The summed E-state index contributed by atoms with van der Waals surface area (Å²) in [6.45, 7) is 19.0. The first kappa shape index (κ1) is 25.9. The van der Waals surface area contributed by atoms with Crippen molar-refractivity contribution in [2.45, 2.75) is 131 Å². The zero-order chi connectivity index (χ0) is 26.6. The van der Waals surface area contributed by atoms with E-state index in [-0.39, 0.29) is 34.9 Å². The molecule has 6 aliphatic carbocycles. The monoisotopic (exact) mass is 510 g/mol. The average molecular weight is 511 g/mol. The molecule has 9 atom stereocenters. The maximum Gasteiger partial charge on any atom is 0.317 e. The van der Waals surface area contributed by atoms with E-state index in [0.717, 1.165) is 37.2 Å². The molecule has 6 saturated carbocycles. The maximum absolute atomic E-state index is 13.2. The van der Waals surface area contributed by atoms with Gasteiger partial charge in [-0.3, -0.25) is 9.59 Å². The Bertz CT molecular complexity index is 1010. The van der Waals surface area contributed by atoms with Crippen molar-refractivity contribution in [2.24, 2.45) is 50.7 Å². The van der Waals surface area contributed by atoms with Gasteiger partial charge in [-0.05, 0) is 109 Å². The fourth-order valence-corrected chi connectivity index (χ4v) is 11.7. The van der Waals surface area contributed by atoms with Crippen LogP contribution in [0.5, 0.6) is 0 Å². The highest BCUT2D eigenvalue weighted by Gasteiger charge is 2.67. The van der Waals surface area contributed by atoms with Crippen LogP contribution in [0.15, 0.2) is 12.2 Å². The molecular formula is C33H50O4. The Kier molecular flexibility index (Phi) is 5.68. The molecule has 1 spiro atoms. The molecule has 0 aromatic heterocycles. The van der Waals surface area contributed by atoms with Gasteiger partial charge in [0.1, 0.15) is 18.6 Å². The maximum atomic E-state index is 13.2. The Hall–Kier alpha value is -1.32. The van der Waals surface area contributed by atoms with E-state index in [1.165, 1.54) is 44.9 Å². The minimum Gasteiger partial charge on any atom is -0.462 e. The predicted octanol–water partition coefficient (Wildman–Crippen LogP) is 7.65. The minimum absolute atomic E-state index is 0.00144. The molecule has 6 fully saturated rings. The van der Waals surface area contributed by atoms with Gasteiger partial charge in [0.05, 0.1) is 0 Å². The van der Waals surface area contributed by atoms with Crippen molar-refractivity contribution in [3.8, 4) is 0 Å². The third-order valence-electron chi connectivity index (χ3n) is 13.9. The standard InChI is InChI=1S/C33H50O4/c1-20-21-9-10-25-32(7)14-8-13-29(2,3)24(32)12-16-33(25,18-21)28(20)37-27(35)17-26(34)36-23-19-31(6)15-11-22(23)30(31,4)5/h21-25,28H,1,8-19H2,2-7H3. The number of hydrogen-bond acceptors (Lipinski definition) is 4. The lowest BCUT2D eigenvalue weighted by Crippen LogP contribution is -2.58. The minimum atomic E-state index is -0.415. The summed E-state index contributed by atoms with van der Waals surface area (Å²) in [5, 5.41) is 0. The van der Waals surface area contributed by atoms with Gasteiger partial charge in [0, 0.05) is 11.3 Å². The number of carbonyl (C=O) groups is 2. The second kappa shape index (κ2) is 8.10. The zero-order valence-electron chi connectivity index (χ0n) is 24.3. The summed E-state index contributed by atoms with van der Waals surface area (Å²) < 4.78 is 12.2. The van der Waals surface area contributed by atoms with Crippen LogP contribution >= 0.6 is 0 Å². The first-order valence-electron chi connectivity index (χ1n) is 15.3. The van der Waals surface area contributed by atoms with Crippen LogP contribution in [0, 0.1) is 50.7 Å². The highest BCUT2D eigenvalue weighted by molar-refractivity contribution is 5.91. The van der Waals surface area contributed by atoms with Crippen LogP contribution in [0.2, 0.25) is 0 Å². The molecule has 0 aromatic carbocycles. The van der Waals surface area contributed by atoms with Gasteiger partial charge in [0.25, 0.3) is 0 Å². The van der Waals surface area contributed by atoms with E-state index in [1.807, 2.05) is 0 Å². The Morgan fingerprint density at radius 1 is 0.838 bits per heavy atom. The third-order valence-corrected chi connectivity index (χ3v) is 13.9. The van der Waals surface area contributed by atoms with E-state index in [1.54, 1.807) is 0 Å². The van der Waals surface area contributed by atoms with Crippen LogP contribution in [0.3, 0.4) is 0 Å². The fraction of sp³-hybridized carbons (Fsp3) is 0.879.